The molecule has 1 heterocycles. The zero-order valence-corrected chi connectivity index (χ0v) is 15.1. The van der Waals surface area contributed by atoms with E-state index in [2.05, 4.69) is 60.0 Å². The molecule has 0 radical (unpaired) electrons. The summed E-state index contributed by atoms with van der Waals surface area (Å²) in [6.07, 6.45) is 0.994. The van der Waals surface area contributed by atoms with Gasteiger partial charge in [-0.25, -0.2) is 0 Å². The molecule has 0 aliphatic carbocycles. The summed E-state index contributed by atoms with van der Waals surface area (Å²) < 4.78 is 8.11. The maximum absolute atomic E-state index is 5.73. The Morgan fingerprint density at radius 1 is 1.08 bits per heavy atom. The van der Waals surface area contributed by atoms with Crippen molar-refractivity contribution >= 4 is 28.3 Å². The minimum atomic E-state index is 0.466. The number of hydrogen-bond donors (Lipinski definition) is 0. The third-order valence-corrected chi connectivity index (χ3v) is 4.52. The second kappa shape index (κ2) is 7.05. The first-order chi connectivity index (χ1) is 11.6. The Bertz CT molecular complexity index is 853. The molecular weight excluding hydrogens is 316 g/mol. The highest BCUT2D eigenvalue weighted by Gasteiger charge is 2.10. The summed E-state index contributed by atoms with van der Waals surface area (Å²) in [5.74, 6) is 0.778. The molecule has 24 heavy (non-hydrogen) atoms. The molecule has 124 valence electrons. The van der Waals surface area contributed by atoms with Crippen LogP contribution in [0.1, 0.15) is 18.2 Å². The Kier molecular flexibility index (Phi) is 4.86. The smallest absolute Gasteiger partial charge is 0.264 e. The maximum Gasteiger partial charge on any atom is 0.264 e. The molecule has 3 aromatic rings. The van der Waals surface area contributed by atoms with Gasteiger partial charge < -0.3 is 14.2 Å². The topological polar surface area (TPSA) is 17.4 Å². The first-order valence-corrected chi connectivity index (χ1v) is 8.54. The zero-order chi connectivity index (χ0) is 17.1. The molecule has 0 fully saturated rings. The van der Waals surface area contributed by atoms with Gasteiger partial charge in [-0.3, -0.25) is 0 Å². The summed E-state index contributed by atoms with van der Waals surface area (Å²) in [5, 5.41) is 1.65. The monoisotopic (exact) mass is 338 g/mol. The lowest BCUT2D eigenvalue weighted by molar-refractivity contribution is 0.450. The van der Waals surface area contributed by atoms with Crippen LogP contribution in [0.5, 0.6) is 5.75 Å². The van der Waals surface area contributed by atoms with E-state index in [9.17, 15) is 0 Å². The fraction of sp³-hybridized carbons (Fsp3) is 0.250. The highest BCUT2D eigenvalue weighted by molar-refractivity contribution is 7.80. The molecule has 0 aliphatic heterocycles. The fourth-order valence-corrected chi connectivity index (χ4v) is 2.90. The normalized spacial score (nSPS) is 10.8. The predicted molar refractivity (Wildman–Crippen MR) is 104 cm³/mol. The van der Waals surface area contributed by atoms with Crippen molar-refractivity contribution in [3.05, 3.63) is 65.9 Å². The third kappa shape index (κ3) is 3.44. The van der Waals surface area contributed by atoms with E-state index in [1.165, 1.54) is 22.2 Å². The SMILES string of the molecule is CCc1cc2cc(OC(=S)N(C)C)ccc2n1Cc1ccccc1. The molecule has 0 saturated heterocycles. The molecule has 0 bridgehead atoms. The van der Waals surface area contributed by atoms with E-state index in [0.29, 0.717) is 5.17 Å². The van der Waals surface area contributed by atoms with Crippen LogP contribution in [0.15, 0.2) is 54.6 Å². The minimum Gasteiger partial charge on any atom is -0.432 e. The standard InChI is InChI=1S/C20H22N2OS/c1-4-17-12-16-13-18(23-20(24)21(2)3)10-11-19(16)22(17)14-15-8-6-5-7-9-15/h5-13H,4,14H2,1-3H3. The Hall–Kier alpha value is -2.33. The molecule has 3 nitrogen and oxygen atoms in total. The molecule has 4 heteroatoms. The van der Waals surface area contributed by atoms with Gasteiger partial charge in [0.05, 0.1) is 0 Å². The van der Waals surface area contributed by atoms with E-state index in [1.807, 2.05) is 20.2 Å². The Morgan fingerprint density at radius 3 is 2.50 bits per heavy atom. The van der Waals surface area contributed by atoms with Gasteiger partial charge in [-0.05, 0) is 48.5 Å². The van der Waals surface area contributed by atoms with Crippen LogP contribution in [0, 0.1) is 0 Å². The number of nitrogens with zero attached hydrogens (tertiary/aromatic N) is 2. The molecule has 3 rings (SSSR count). The predicted octanol–water partition coefficient (Wildman–Crippen LogP) is 4.48. The highest BCUT2D eigenvalue weighted by atomic mass is 32.1. The van der Waals surface area contributed by atoms with E-state index in [4.69, 9.17) is 17.0 Å². The molecule has 0 amide bonds. The van der Waals surface area contributed by atoms with Gasteiger partial charge in [0.2, 0.25) is 0 Å². The van der Waals surface area contributed by atoms with Gasteiger partial charge >= 0.3 is 0 Å². The van der Waals surface area contributed by atoms with Gasteiger partial charge in [0.1, 0.15) is 5.75 Å². The van der Waals surface area contributed by atoms with Gasteiger partial charge in [0.15, 0.2) is 0 Å². The molecule has 0 saturated carbocycles. The molecular formula is C20H22N2OS. The number of thiocarbonyl (C=S) groups is 1. The number of rotatable bonds is 4. The lowest BCUT2D eigenvalue weighted by atomic mass is 10.2. The molecule has 0 spiro atoms. The summed E-state index contributed by atoms with van der Waals surface area (Å²) >= 11 is 5.22. The summed E-state index contributed by atoms with van der Waals surface area (Å²) in [5.41, 5.74) is 3.85. The lowest BCUT2D eigenvalue weighted by Crippen LogP contribution is -2.24. The van der Waals surface area contributed by atoms with Crippen molar-refractivity contribution in [2.24, 2.45) is 0 Å². The van der Waals surface area contributed by atoms with Crippen LogP contribution in [0.2, 0.25) is 0 Å². The summed E-state index contributed by atoms with van der Waals surface area (Å²) in [6.45, 7) is 3.07. The molecule has 0 N–H and O–H groups in total. The van der Waals surface area contributed by atoms with Crippen LogP contribution >= 0.6 is 12.2 Å². The van der Waals surface area contributed by atoms with Crippen molar-refractivity contribution in [1.82, 2.24) is 9.47 Å². The average molecular weight is 338 g/mol. The molecule has 0 atom stereocenters. The van der Waals surface area contributed by atoms with Crippen molar-refractivity contribution in [3.63, 3.8) is 0 Å². The number of benzene rings is 2. The molecule has 0 unspecified atom stereocenters. The number of ether oxygens (including phenoxy) is 1. The van der Waals surface area contributed by atoms with Crippen LogP contribution in [-0.2, 0) is 13.0 Å². The van der Waals surface area contributed by atoms with Crippen LogP contribution in [-0.4, -0.2) is 28.7 Å². The van der Waals surface area contributed by atoms with E-state index in [-0.39, 0.29) is 0 Å². The number of aryl methyl sites for hydroxylation is 1. The van der Waals surface area contributed by atoms with Crippen molar-refractivity contribution in [2.45, 2.75) is 19.9 Å². The van der Waals surface area contributed by atoms with Gasteiger partial charge in [0, 0.05) is 37.2 Å². The summed E-state index contributed by atoms with van der Waals surface area (Å²) in [4.78, 5) is 1.79. The Labute approximate surface area is 148 Å². The third-order valence-electron chi connectivity index (χ3n) is 4.07. The van der Waals surface area contributed by atoms with E-state index in [1.54, 1.807) is 4.90 Å². The summed E-state index contributed by atoms with van der Waals surface area (Å²) in [7, 11) is 3.76. The molecule has 2 aromatic carbocycles. The van der Waals surface area contributed by atoms with Gasteiger partial charge in [-0.1, -0.05) is 37.3 Å². The Balaban J connectivity index is 1.96. The van der Waals surface area contributed by atoms with Crippen LogP contribution in [0.3, 0.4) is 0 Å². The maximum atomic E-state index is 5.73. The van der Waals surface area contributed by atoms with Gasteiger partial charge in [-0.2, -0.15) is 0 Å². The van der Waals surface area contributed by atoms with Crippen molar-refractivity contribution in [1.29, 1.82) is 0 Å². The van der Waals surface area contributed by atoms with Gasteiger partial charge in [-0.15, -0.1) is 0 Å². The van der Waals surface area contributed by atoms with E-state index >= 15 is 0 Å². The van der Waals surface area contributed by atoms with Crippen LogP contribution in [0.4, 0.5) is 0 Å². The Morgan fingerprint density at radius 2 is 1.83 bits per heavy atom. The first kappa shape index (κ1) is 16.5. The number of aromatic nitrogens is 1. The number of fused-ring (bicyclic) bond motifs is 1. The van der Waals surface area contributed by atoms with E-state index in [0.717, 1.165) is 18.7 Å². The minimum absolute atomic E-state index is 0.466. The van der Waals surface area contributed by atoms with Crippen molar-refractivity contribution in [3.8, 4) is 5.75 Å². The quantitative estimate of drug-likeness (QED) is 0.653. The molecule has 0 aliphatic rings. The fourth-order valence-electron chi connectivity index (χ4n) is 2.81. The van der Waals surface area contributed by atoms with Gasteiger partial charge in [0.25, 0.3) is 5.17 Å². The zero-order valence-electron chi connectivity index (χ0n) is 14.3. The van der Waals surface area contributed by atoms with Crippen molar-refractivity contribution < 1.29 is 4.74 Å². The van der Waals surface area contributed by atoms with E-state index < -0.39 is 0 Å². The summed E-state index contributed by atoms with van der Waals surface area (Å²) in [6, 6.07) is 19.0. The largest absolute Gasteiger partial charge is 0.432 e. The first-order valence-electron chi connectivity index (χ1n) is 8.13. The van der Waals surface area contributed by atoms with Crippen LogP contribution < -0.4 is 4.74 Å². The molecule has 1 aromatic heterocycles. The second-order valence-corrected chi connectivity index (χ2v) is 6.39. The van der Waals surface area contributed by atoms with Crippen LogP contribution in [0.25, 0.3) is 10.9 Å². The highest BCUT2D eigenvalue weighted by Crippen LogP contribution is 2.26. The lowest BCUT2D eigenvalue weighted by Gasteiger charge is -2.14. The number of hydrogen-bond acceptors (Lipinski definition) is 2. The van der Waals surface area contributed by atoms with Crippen molar-refractivity contribution in [2.75, 3.05) is 14.1 Å². The second-order valence-electron chi connectivity index (χ2n) is 6.04. The average Bonchev–Trinajstić information content (AvgIpc) is 2.92.